The van der Waals surface area contributed by atoms with Crippen molar-refractivity contribution in [2.75, 3.05) is 4.72 Å². The molecular weight excluding hydrogens is 414 g/mol. The van der Waals surface area contributed by atoms with Gasteiger partial charge in [-0.05, 0) is 67.0 Å². The lowest BCUT2D eigenvalue weighted by Crippen LogP contribution is -2.37. The van der Waals surface area contributed by atoms with Gasteiger partial charge in [0.25, 0.3) is 0 Å². The molecular formula is C24H31NO5S. The third kappa shape index (κ3) is 5.79. The quantitative estimate of drug-likeness (QED) is 0.551. The Bertz CT molecular complexity index is 1010. The zero-order valence-electron chi connectivity index (χ0n) is 18.3. The average molecular weight is 446 g/mol. The minimum absolute atomic E-state index is 0.0168. The van der Waals surface area contributed by atoms with Crippen molar-refractivity contribution in [2.24, 2.45) is 11.8 Å². The van der Waals surface area contributed by atoms with Crippen molar-refractivity contribution in [3.63, 3.8) is 0 Å². The molecule has 0 spiro atoms. The van der Waals surface area contributed by atoms with E-state index in [1.54, 1.807) is 18.2 Å². The van der Waals surface area contributed by atoms with Crippen LogP contribution in [0.3, 0.4) is 0 Å². The second-order valence-electron chi connectivity index (χ2n) is 8.69. The van der Waals surface area contributed by atoms with Crippen LogP contribution in [0.4, 0.5) is 5.69 Å². The summed E-state index contributed by atoms with van der Waals surface area (Å²) in [7, 11) is -3.59. The van der Waals surface area contributed by atoms with Gasteiger partial charge in [0, 0.05) is 0 Å². The standard InChI is InChI=1S/C24H31NO5S/c1-16(2)23(19-6-4-5-7-19)31(28,29)25-21-13-8-17(3)14-22(21)30-15-18-9-11-20(12-10-18)24(26)27/h8-14,16,19,23,25H,4-7,15H2,1-3H3,(H,26,27). The first kappa shape index (κ1) is 23.1. The third-order valence-corrected chi connectivity index (χ3v) is 8.01. The number of rotatable bonds is 9. The molecule has 1 atom stereocenters. The lowest BCUT2D eigenvalue weighted by molar-refractivity contribution is 0.0697. The molecule has 0 amide bonds. The van der Waals surface area contributed by atoms with E-state index in [0.29, 0.717) is 11.4 Å². The van der Waals surface area contributed by atoms with Gasteiger partial charge in [-0.25, -0.2) is 13.2 Å². The molecule has 1 saturated carbocycles. The fourth-order valence-corrected chi connectivity index (χ4v) is 6.51. The molecule has 6 nitrogen and oxygen atoms in total. The average Bonchev–Trinajstić information content (AvgIpc) is 3.21. The number of sulfonamides is 1. The number of carbonyl (C=O) groups is 1. The molecule has 0 heterocycles. The molecule has 0 aliphatic heterocycles. The molecule has 7 heteroatoms. The lowest BCUT2D eigenvalue weighted by Gasteiger charge is -2.28. The van der Waals surface area contributed by atoms with Crippen molar-refractivity contribution < 1.29 is 23.1 Å². The van der Waals surface area contributed by atoms with Crippen LogP contribution in [0.5, 0.6) is 5.75 Å². The maximum Gasteiger partial charge on any atom is 0.335 e. The van der Waals surface area contributed by atoms with Gasteiger partial charge in [-0.15, -0.1) is 0 Å². The number of carboxylic acids is 1. The van der Waals surface area contributed by atoms with Crippen LogP contribution in [0, 0.1) is 18.8 Å². The zero-order chi connectivity index (χ0) is 22.6. The normalized spacial score (nSPS) is 15.7. The maximum absolute atomic E-state index is 13.3. The number of carboxylic acid groups (broad SMARTS) is 1. The highest BCUT2D eigenvalue weighted by atomic mass is 32.2. The van der Waals surface area contributed by atoms with Crippen LogP contribution in [0.25, 0.3) is 0 Å². The largest absolute Gasteiger partial charge is 0.487 e. The molecule has 1 unspecified atom stereocenters. The second kappa shape index (κ2) is 9.73. The van der Waals surface area contributed by atoms with Crippen molar-refractivity contribution in [1.82, 2.24) is 0 Å². The van der Waals surface area contributed by atoms with E-state index in [9.17, 15) is 13.2 Å². The van der Waals surface area contributed by atoms with Crippen LogP contribution in [0.15, 0.2) is 42.5 Å². The zero-order valence-corrected chi connectivity index (χ0v) is 19.1. The Morgan fingerprint density at radius 2 is 1.77 bits per heavy atom. The number of nitrogens with one attached hydrogen (secondary N) is 1. The highest BCUT2D eigenvalue weighted by molar-refractivity contribution is 7.93. The highest BCUT2D eigenvalue weighted by Crippen LogP contribution is 2.36. The first-order valence-electron chi connectivity index (χ1n) is 10.7. The van der Waals surface area contributed by atoms with Gasteiger partial charge in [-0.3, -0.25) is 4.72 Å². The van der Waals surface area contributed by atoms with E-state index in [1.807, 2.05) is 32.9 Å². The third-order valence-electron chi connectivity index (χ3n) is 5.86. The molecule has 0 bridgehead atoms. The summed E-state index contributed by atoms with van der Waals surface area (Å²) in [6, 6.07) is 11.8. The minimum atomic E-state index is -3.59. The van der Waals surface area contributed by atoms with Crippen molar-refractivity contribution in [3.8, 4) is 5.75 Å². The Morgan fingerprint density at radius 1 is 1.13 bits per heavy atom. The molecule has 168 valence electrons. The number of anilines is 1. The molecule has 2 N–H and O–H groups in total. The van der Waals surface area contributed by atoms with E-state index < -0.39 is 21.2 Å². The molecule has 1 aliphatic rings. The molecule has 0 saturated heterocycles. The van der Waals surface area contributed by atoms with Crippen LogP contribution in [0.1, 0.15) is 61.0 Å². The van der Waals surface area contributed by atoms with Gasteiger partial charge in [-0.2, -0.15) is 0 Å². The molecule has 3 rings (SSSR count). The smallest absolute Gasteiger partial charge is 0.335 e. The lowest BCUT2D eigenvalue weighted by atomic mass is 9.95. The van der Waals surface area contributed by atoms with Crippen molar-refractivity contribution >= 4 is 21.7 Å². The fraction of sp³-hybridized carbons (Fsp3) is 0.458. The summed E-state index contributed by atoms with van der Waals surface area (Å²) in [5.41, 5.74) is 2.39. The van der Waals surface area contributed by atoms with E-state index in [0.717, 1.165) is 36.8 Å². The van der Waals surface area contributed by atoms with E-state index in [4.69, 9.17) is 9.84 Å². The van der Waals surface area contributed by atoms with Crippen molar-refractivity contribution in [3.05, 3.63) is 59.2 Å². The molecule has 31 heavy (non-hydrogen) atoms. The number of benzene rings is 2. The Hall–Kier alpha value is -2.54. The molecule has 1 fully saturated rings. The first-order valence-corrected chi connectivity index (χ1v) is 12.3. The molecule has 2 aromatic carbocycles. The van der Waals surface area contributed by atoms with Gasteiger partial charge in [0.2, 0.25) is 10.0 Å². The van der Waals surface area contributed by atoms with Gasteiger partial charge in [-0.1, -0.05) is 44.9 Å². The minimum Gasteiger partial charge on any atom is -0.487 e. The topological polar surface area (TPSA) is 92.7 Å². The predicted octanol–water partition coefficient (Wildman–Crippen LogP) is 5.23. The molecule has 2 aromatic rings. The van der Waals surface area contributed by atoms with Crippen LogP contribution in [-0.4, -0.2) is 24.7 Å². The Labute approximate surface area is 184 Å². The maximum atomic E-state index is 13.3. The summed E-state index contributed by atoms with van der Waals surface area (Å²) >= 11 is 0. The number of ether oxygens (including phenoxy) is 1. The van der Waals surface area contributed by atoms with Crippen LogP contribution in [-0.2, 0) is 16.6 Å². The number of aromatic carboxylic acids is 1. The van der Waals surface area contributed by atoms with Gasteiger partial charge in [0.05, 0.1) is 16.5 Å². The Kier molecular flexibility index (Phi) is 7.26. The summed E-state index contributed by atoms with van der Waals surface area (Å²) in [5.74, 6) is -0.326. The van der Waals surface area contributed by atoms with Crippen LogP contribution >= 0.6 is 0 Å². The molecule has 1 aliphatic carbocycles. The van der Waals surface area contributed by atoms with E-state index >= 15 is 0 Å². The Morgan fingerprint density at radius 3 is 2.35 bits per heavy atom. The molecule has 0 aromatic heterocycles. The van der Waals surface area contributed by atoms with Crippen molar-refractivity contribution in [1.29, 1.82) is 0 Å². The summed E-state index contributed by atoms with van der Waals surface area (Å²) < 4.78 is 35.4. The van der Waals surface area contributed by atoms with E-state index in [-0.39, 0.29) is 24.0 Å². The predicted molar refractivity (Wildman–Crippen MR) is 122 cm³/mol. The SMILES string of the molecule is Cc1ccc(NS(=O)(=O)C(C(C)C)C2CCCC2)c(OCc2ccc(C(=O)O)cc2)c1. The summed E-state index contributed by atoms with van der Waals surface area (Å²) in [6.45, 7) is 6.06. The Balaban J connectivity index is 1.79. The molecule has 0 radical (unpaired) electrons. The summed E-state index contributed by atoms with van der Waals surface area (Å²) in [4.78, 5) is 11.0. The van der Waals surface area contributed by atoms with Crippen LogP contribution < -0.4 is 9.46 Å². The van der Waals surface area contributed by atoms with Gasteiger partial charge in [0.15, 0.2) is 0 Å². The summed E-state index contributed by atoms with van der Waals surface area (Å²) in [6.07, 6.45) is 4.08. The van der Waals surface area contributed by atoms with Gasteiger partial charge in [0.1, 0.15) is 12.4 Å². The van der Waals surface area contributed by atoms with Crippen molar-refractivity contribution in [2.45, 2.75) is 58.3 Å². The number of hydrogen-bond donors (Lipinski definition) is 2. The van der Waals surface area contributed by atoms with Gasteiger partial charge < -0.3 is 9.84 Å². The highest BCUT2D eigenvalue weighted by Gasteiger charge is 2.37. The van der Waals surface area contributed by atoms with E-state index in [2.05, 4.69) is 4.72 Å². The first-order chi connectivity index (χ1) is 14.7. The van der Waals surface area contributed by atoms with Gasteiger partial charge >= 0.3 is 5.97 Å². The number of hydrogen-bond acceptors (Lipinski definition) is 4. The monoisotopic (exact) mass is 445 g/mol. The fourth-order valence-electron chi connectivity index (χ4n) is 4.40. The summed E-state index contributed by atoms with van der Waals surface area (Å²) in [5, 5.41) is 8.59. The van der Waals surface area contributed by atoms with Crippen LogP contribution in [0.2, 0.25) is 0 Å². The number of aryl methyl sites for hydroxylation is 1. The second-order valence-corrected chi connectivity index (χ2v) is 10.5. The van der Waals surface area contributed by atoms with E-state index in [1.165, 1.54) is 12.1 Å².